The van der Waals surface area contributed by atoms with E-state index in [0.29, 0.717) is 0 Å². The van der Waals surface area contributed by atoms with Crippen molar-refractivity contribution in [1.29, 1.82) is 0 Å². The molecule has 0 bridgehead atoms. The third kappa shape index (κ3) is 3.53. The van der Waals surface area contributed by atoms with E-state index in [0.717, 1.165) is 9.13 Å². The highest BCUT2D eigenvalue weighted by molar-refractivity contribution is 14.1. The molecular formula is C14H11FINO. The molecule has 18 heavy (non-hydrogen) atoms. The molecule has 4 heteroatoms. The molecule has 0 aliphatic rings. The Kier molecular flexibility index (Phi) is 4.30. The number of halogens is 2. The predicted octanol–water partition coefficient (Wildman–Crippen LogP) is 3.61. The van der Waals surface area contributed by atoms with Gasteiger partial charge < -0.3 is 5.32 Å². The highest BCUT2D eigenvalue weighted by Crippen LogP contribution is 2.17. The van der Waals surface area contributed by atoms with Crippen LogP contribution in [0.4, 0.5) is 10.1 Å². The first-order chi connectivity index (χ1) is 8.65. The van der Waals surface area contributed by atoms with Gasteiger partial charge in [0, 0.05) is 3.57 Å². The summed E-state index contributed by atoms with van der Waals surface area (Å²) in [6.45, 7) is 0. The standard InChI is InChI=1S/C14H11FINO/c15-12-9-11(16)6-7-13(12)17-14(18)8-10-4-2-1-3-5-10/h1-7,9H,8H2,(H,17,18). The number of carbonyl (C=O) groups is 1. The number of anilines is 1. The van der Waals surface area contributed by atoms with Gasteiger partial charge in [0.05, 0.1) is 12.1 Å². The average Bonchev–Trinajstić information content (AvgIpc) is 2.34. The molecule has 0 atom stereocenters. The van der Waals surface area contributed by atoms with Gasteiger partial charge >= 0.3 is 0 Å². The zero-order valence-electron chi connectivity index (χ0n) is 9.49. The van der Waals surface area contributed by atoms with Crippen LogP contribution in [0.15, 0.2) is 48.5 Å². The first-order valence-corrected chi connectivity index (χ1v) is 6.52. The molecule has 0 saturated heterocycles. The van der Waals surface area contributed by atoms with E-state index < -0.39 is 5.82 Å². The highest BCUT2D eigenvalue weighted by Gasteiger charge is 2.07. The number of benzene rings is 2. The van der Waals surface area contributed by atoms with Gasteiger partial charge in [-0.1, -0.05) is 30.3 Å². The summed E-state index contributed by atoms with van der Waals surface area (Å²) in [6, 6.07) is 14.1. The fourth-order valence-electron chi connectivity index (χ4n) is 1.57. The normalized spacial score (nSPS) is 10.1. The van der Waals surface area contributed by atoms with Crippen LogP contribution >= 0.6 is 22.6 Å². The minimum atomic E-state index is -0.414. The van der Waals surface area contributed by atoms with Gasteiger partial charge in [0.1, 0.15) is 5.82 Å². The molecule has 2 aromatic carbocycles. The Hall–Kier alpha value is -1.43. The van der Waals surface area contributed by atoms with E-state index in [1.54, 1.807) is 12.1 Å². The Morgan fingerprint density at radius 1 is 1.17 bits per heavy atom. The van der Waals surface area contributed by atoms with Crippen LogP contribution in [0.2, 0.25) is 0 Å². The van der Waals surface area contributed by atoms with Gasteiger partial charge in [-0.3, -0.25) is 4.79 Å². The summed E-state index contributed by atoms with van der Waals surface area (Å²) in [5, 5.41) is 2.57. The van der Waals surface area contributed by atoms with Crippen LogP contribution in [-0.4, -0.2) is 5.91 Å². The molecule has 0 unspecified atom stereocenters. The average molecular weight is 355 g/mol. The first kappa shape index (κ1) is 13.0. The summed E-state index contributed by atoms with van der Waals surface area (Å²) in [4.78, 5) is 11.7. The van der Waals surface area contributed by atoms with E-state index in [1.165, 1.54) is 6.07 Å². The van der Waals surface area contributed by atoms with Crippen molar-refractivity contribution in [3.63, 3.8) is 0 Å². The summed E-state index contributed by atoms with van der Waals surface area (Å²) in [5.74, 6) is -0.635. The Morgan fingerprint density at radius 3 is 2.56 bits per heavy atom. The fourth-order valence-corrected chi connectivity index (χ4v) is 2.02. The molecule has 2 rings (SSSR count). The second-order valence-corrected chi connectivity index (χ2v) is 5.08. The largest absolute Gasteiger partial charge is 0.323 e. The van der Waals surface area contributed by atoms with Crippen LogP contribution in [0.3, 0.4) is 0 Å². The van der Waals surface area contributed by atoms with Crippen LogP contribution in [-0.2, 0) is 11.2 Å². The first-order valence-electron chi connectivity index (χ1n) is 5.44. The van der Waals surface area contributed by atoms with E-state index in [2.05, 4.69) is 5.32 Å². The molecule has 1 N–H and O–H groups in total. The third-order valence-electron chi connectivity index (χ3n) is 2.41. The molecule has 0 saturated carbocycles. The zero-order valence-corrected chi connectivity index (χ0v) is 11.6. The van der Waals surface area contributed by atoms with E-state index in [1.807, 2.05) is 52.9 Å². The summed E-state index contributed by atoms with van der Waals surface area (Å²) in [6.07, 6.45) is 0.242. The lowest BCUT2D eigenvalue weighted by Crippen LogP contribution is -2.15. The quantitative estimate of drug-likeness (QED) is 0.838. The lowest BCUT2D eigenvalue weighted by atomic mass is 10.1. The Bertz CT molecular complexity index is 557. The van der Waals surface area contributed by atoms with Crippen LogP contribution < -0.4 is 5.32 Å². The van der Waals surface area contributed by atoms with E-state index in [9.17, 15) is 9.18 Å². The summed E-state index contributed by atoms with van der Waals surface area (Å²) < 4.78 is 14.3. The van der Waals surface area contributed by atoms with Crippen LogP contribution in [0.1, 0.15) is 5.56 Å². The molecule has 1 amide bonds. The molecule has 0 fully saturated rings. The number of rotatable bonds is 3. The van der Waals surface area contributed by atoms with Crippen molar-refractivity contribution in [3.8, 4) is 0 Å². The van der Waals surface area contributed by atoms with Gasteiger partial charge in [0.2, 0.25) is 5.91 Å². The molecule has 0 heterocycles. The topological polar surface area (TPSA) is 29.1 Å². The third-order valence-corrected chi connectivity index (χ3v) is 3.08. The maximum Gasteiger partial charge on any atom is 0.228 e. The number of hydrogen-bond acceptors (Lipinski definition) is 1. The predicted molar refractivity (Wildman–Crippen MR) is 77.9 cm³/mol. The van der Waals surface area contributed by atoms with Gasteiger partial charge in [-0.15, -0.1) is 0 Å². The van der Waals surface area contributed by atoms with Crippen molar-refractivity contribution in [3.05, 3.63) is 63.5 Å². The molecule has 2 aromatic rings. The monoisotopic (exact) mass is 355 g/mol. The summed E-state index contributed by atoms with van der Waals surface area (Å²) >= 11 is 2.02. The van der Waals surface area contributed by atoms with Crippen molar-refractivity contribution in [1.82, 2.24) is 0 Å². The summed E-state index contributed by atoms with van der Waals surface area (Å²) in [5.41, 5.74) is 1.12. The molecular weight excluding hydrogens is 344 g/mol. The van der Waals surface area contributed by atoms with Gasteiger partial charge in [-0.2, -0.15) is 0 Å². The highest BCUT2D eigenvalue weighted by atomic mass is 127. The van der Waals surface area contributed by atoms with Crippen molar-refractivity contribution in [2.24, 2.45) is 0 Å². The molecule has 2 nitrogen and oxygen atoms in total. The minimum Gasteiger partial charge on any atom is -0.323 e. The van der Waals surface area contributed by atoms with Crippen LogP contribution in [0.5, 0.6) is 0 Å². The van der Waals surface area contributed by atoms with Crippen molar-refractivity contribution < 1.29 is 9.18 Å². The van der Waals surface area contributed by atoms with Gasteiger partial charge in [0.15, 0.2) is 0 Å². The SMILES string of the molecule is O=C(Cc1ccccc1)Nc1ccc(I)cc1F. The molecule has 0 aliphatic heterocycles. The van der Waals surface area contributed by atoms with Gasteiger partial charge in [0.25, 0.3) is 0 Å². The second kappa shape index (κ2) is 5.95. The number of nitrogens with one attached hydrogen (secondary N) is 1. The fraction of sp³-hybridized carbons (Fsp3) is 0.0714. The van der Waals surface area contributed by atoms with Crippen molar-refractivity contribution >= 4 is 34.2 Å². The summed E-state index contributed by atoms with van der Waals surface area (Å²) in [7, 11) is 0. The zero-order chi connectivity index (χ0) is 13.0. The van der Waals surface area contributed by atoms with E-state index in [4.69, 9.17) is 0 Å². The number of amides is 1. The Balaban J connectivity index is 2.03. The molecule has 92 valence electrons. The second-order valence-electron chi connectivity index (χ2n) is 3.83. The minimum absolute atomic E-state index is 0.219. The van der Waals surface area contributed by atoms with Crippen LogP contribution in [0.25, 0.3) is 0 Å². The molecule has 0 spiro atoms. The maximum absolute atomic E-state index is 13.5. The number of hydrogen-bond donors (Lipinski definition) is 1. The molecule has 0 aliphatic carbocycles. The lowest BCUT2D eigenvalue weighted by Gasteiger charge is -2.06. The Labute approximate surface area is 118 Å². The van der Waals surface area contributed by atoms with Gasteiger partial charge in [-0.05, 0) is 46.4 Å². The van der Waals surface area contributed by atoms with E-state index in [-0.39, 0.29) is 18.0 Å². The smallest absolute Gasteiger partial charge is 0.228 e. The van der Waals surface area contributed by atoms with Gasteiger partial charge in [-0.25, -0.2) is 4.39 Å². The lowest BCUT2D eigenvalue weighted by molar-refractivity contribution is -0.115. The Morgan fingerprint density at radius 2 is 1.89 bits per heavy atom. The number of carbonyl (C=O) groups excluding carboxylic acids is 1. The van der Waals surface area contributed by atoms with E-state index >= 15 is 0 Å². The van der Waals surface area contributed by atoms with Crippen LogP contribution in [0, 0.1) is 9.39 Å². The maximum atomic E-state index is 13.5. The molecule has 0 radical (unpaired) electrons. The van der Waals surface area contributed by atoms with Crippen molar-refractivity contribution in [2.45, 2.75) is 6.42 Å². The van der Waals surface area contributed by atoms with Crippen molar-refractivity contribution in [2.75, 3.05) is 5.32 Å². The molecule has 0 aromatic heterocycles.